The van der Waals surface area contributed by atoms with Crippen LogP contribution in [0, 0.1) is 13.8 Å². The number of aromatic nitrogens is 3. The zero-order chi connectivity index (χ0) is 16.4. The van der Waals surface area contributed by atoms with E-state index in [1.165, 1.54) is 16.2 Å². The van der Waals surface area contributed by atoms with Crippen molar-refractivity contribution in [3.8, 4) is 10.8 Å². The highest BCUT2D eigenvalue weighted by atomic mass is 32.1. The third-order valence-corrected chi connectivity index (χ3v) is 5.63. The molecule has 0 unspecified atom stereocenters. The number of hydrogen-bond acceptors (Lipinski definition) is 6. The standard InChI is InChI=1S/C16H16N4OS2/c1-9-5-6-12(22-9)10(2)19-15(21)13-11(3)20-16(23-13)14-17-7-4-8-18-14/h4-8,10H,1-3H3,(H,19,21)/t10-/m1/s1. The fourth-order valence-electron chi connectivity index (χ4n) is 2.13. The Morgan fingerprint density at radius 3 is 2.57 bits per heavy atom. The molecule has 0 radical (unpaired) electrons. The highest BCUT2D eigenvalue weighted by Crippen LogP contribution is 2.27. The van der Waals surface area contributed by atoms with Gasteiger partial charge in [0.05, 0.1) is 11.7 Å². The quantitative estimate of drug-likeness (QED) is 0.782. The van der Waals surface area contributed by atoms with E-state index in [0.717, 1.165) is 4.88 Å². The molecular formula is C16H16N4OS2. The molecule has 5 nitrogen and oxygen atoms in total. The molecule has 23 heavy (non-hydrogen) atoms. The van der Waals surface area contributed by atoms with E-state index < -0.39 is 0 Å². The molecule has 1 N–H and O–H groups in total. The molecule has 0 fully saturated rings. The van der Waals surface area contributed by atoms with E-state index in [9.17, 15) is 4.79 Å². The van der Waals surface area contributed by atoms with Crippen molar-refractivity contribution >= 4 is 28.6 Å². The summed E-state index contributed by atoms with van der Waals surface area (Å²) < 4.78 is 0. The molecule has 3 aromatic heterocycles. The Hall–Kier alpha value is -2.12. The first kappa shape index (κ1) is 15.8. The van der Waals surface area contributed by atoms with Gasteiger partial charge in [0.25, 0.3) is 5.91 Å². The molecule has 0 saturated carbocycles. The minimum absolute atomic E-state index is 0.0286. The van der Waals surface area contributed by atoms with Crippen LogP contribution in [0.5, 0.6) is 0 Å². The average molecular weight is 344 g/mol. The first-order valence-corrected chi connectivity index (χ1v) is 8.80. The van der Waals surface area contributed by atoms with Crippen LogP contribution in [0.3, 0.4) is 0 Å². The largest absolute Gasteiger partial charge is 0.344 e. The van der Waals surface area contributed by atoms with Crippen molar-refractivity contribution in [1.29, 1.82) is 0 Å². The van der Waals surface area contributed by atoms with Crippen molar-refractivity contribution in [1.82, 2.24) is 20.3 Å². The predicted octanol–water partition coefficient (Wildman–Crippen LogP) is 3.77. The summed E-state index contributed by atoms with van der Waals surface area (Å²) >= 11 is 3.01. The van der Waals surface area contributed by atoms with Crippen LogP contribution in [0.1, 0.15) is 38.1 Å². The Morgan fingerprint density at radius 2 is 1.91 bits per heavy atom. The summed E-state index contributed by atoms with van der Waals surface area (Å²) in [5.74, 6) is 0.433. The zero-order valence-corrected chi connectivity index (χ0v) is 14.7. The molecule has 1 atom stereocenters. The van der Waals surface area contributed by atoms with Gasteiger partial charge in [0.1, 0.15) is 4.88 Å². The third kappa shape index (κ3) is 3.46. The summed E-state index contributed by atoms with van der Waals surface area (Å²) in [5, 5.41) is 3.69. The van der Waals surface area contributed by atoms with Gasteiger partial charge in [-0.05, 0) is 39.0 Å². The van der Waals surface area contributed by atoms with Gasteiger partial charge in [-0.1, -0.05) is 0 Å². The minimum Gasteiger partial charge on any atom is -0.344 e. The number of aryl methyl sites for hydroxylation is 2. The maximum absolute atomic E-state index is 12.5. The Morgan fingerprint density at radius 1 is 1.17 bits per heavy atom. The molecule has 0 aliphatic carbocycles. The number of nitrogens with one attached hydrogen (secondary N) is 1. The molecule has 0 aliphatic rings. The Labute approximate surface area is 142 Å². The summed E-state index contributed by atoms with van der Waals surface area (Å²) in [5.41, 5.74) is 0.699. The molecule has 3 heterocycles. The van der Waals surface area contributed by atoms with Crippen molar-refractivity contribution < 1.29 is 4.79 Å². The zero-order valence-electron chi connectivity index (χ0n) is 13.0. The van der Waals surface area contributed by atoms with Crippen LogP contribution < -0.4 is 5.32 Å². The van der Waals surface area contributed by atoms with Gasteiger partial charge in [-0.2, -0.15) is 0 Å². The molecule has 0 bridgehead atoms. The van der Waals surface area contributed by atoms with Crippen LogP contribution >= 0.6 is 22.7 Å². The maximum Gasteiger partial charge on any atom is 0.263 e. The molecule has 0 spiro atoms. The average Bonchev–Trinajstić information content (AvgIpc) is 3.14. The normalized spacial score (nSPS) is 12.1. The first-order chi connectivity index (χ1) is 11.0. The number of thiophene rings is 1. The lowest BCUT2D eigenvalue weighted by atomic mass is 10.2. The number of hydrogen-bond donors (Lipinski definition) is 1. The molecular weight excluding hydrogens is 328 g/mol. The van der Waals surface area contributed by atoms with Crippen LogP contribution in [0.4, 0.5) is 0 Å². The van der Waals surface area contributed by atoms with Crippen LogP contribution in [0.2, 0.25) is 0 Å². The van der Waals surface area contributed by atoms with E-state index >= 15 is 0 Å². The molecule has 0 aromatic carbocycles. The Bertz CT molecular complexity index is 826. The summed E-state index contributed by atoms with van der Waals surface area (Å²) in [6, 6.07) is 5.83. The van der Waals surface area contributed by atoms with E-state index in [-0.39, 0.29) is 11.9 Å². The fourth-order valence-corrected chi connectivity index (χ4v) is 3.93. The van der Waals surface area contributed by atoms with Crippen molar-refractivity contribution in [2.75, 3.05) is 0 Å². The van der Waals surface area contributed by atoms with E-state index in [2.05, 4.69) is 33.3 Å². The summed E-state index contributed by atoms with van der Waals surface area (Å²) in [7, 11) is 0. The van der Waals surface area contributed by atoms with Gasteiger partial charge in [0.15, 0.2) is 10.8 Å². The second-order valence-electron chi connectivity index (χ2n) is 5.15. The van der Waals surface area contributed by atoms with Gasteiger partial charge in [-0.3, -0.25) is 4.79 Å². The number of nitrogens with zero attached hydrogens (tertiary/aromatic N) is 3. The molecule has 3 aromatic rings. The SMILES string of the molecule is Cc1ccc([C@@H](C)NC(=O)c2sc(-c3ncccn3)nc2C)s1. The van der Waals surface area contributed by atoms with E-state index in [0.29, 0.717) is 21.4 Å². The van der Waals surface area contributed by atoms with Gasteiger partial charge >= 0.3 is 0 Å². The van der Waals surface area contributed by atoms with Crippen molar-refractivity contribution in [2.24, 2.45) is 0 Å². The minimum atomic E-state index is -0.110. The van der Waals surface area contributed by atoms with E-state index in [1.54, 1.807) is 29.8 Å². The third-order valence-electron chi connectivity index (χ3n) is 3.30. The first-order valence-electron chi connectivity index (χ1n) is 7.16. The smallest absolute Gasteiger partial charge is 0.263 e. The van der Waals surface area contributed by atoms with E-state index in [1.807, 2.05) is 19.9 Å². The lowest BCUT2D eigenvalue weighted by Crippen LogP contribution is -2.25. The molecule has 0 saturated heterocycles. The highest BCUT2D eigenvalue weighted by Gasteiger charge is 2.19. The Balaban J connectivity index is 1.79. The van der Waals surface area contributed by atoms with Crippen LogP contribution in [0.25, 0.3) is 10.8 Å². The topological polar surface area (TPSA) is 67.8 Å². The van der Waals surface area contributed by atoms with Gasteiger partial charge < -0.3 is 5.32 Å². The second-order valence-corrected chi connectivity index (χ2v) is 7.47. The monoisotopic (exact) mass is 344 g/mol. The van der Waals surface area contributed by atoms with Gasteiger partial charge in [0, 0.05) is 22.1 Å². The molecule has 7 heteroatoms. The van der Waals surface area contributed by atoms with Crippen LogP contribution in [-0.4, -0.2) is 20.9 Å². The predicted molar refractivity (Wildman–Crippen MR) is 92.8 cm³/mol. The summed E-state index contributed by atoms with van der Waals surface area (Å²) in [4.78, 5) is 28.3. The van der Waals surface area contributed by atoms with Crippen molar-refractivity contribution in [3.05, 3.63) is 50.9 Å². The van der Waals surface area contributed by atoms with E-state index in [4.69, 9.17) is 0 Å². The Kier molecular flexibility index (Phi) is 4.49. The van der Waals surface area contributed by atoms with Gasteiger partial charge in [-0.15, -0.1) is 22.7 Å². The lowest BCUT2D eigenvalue weighted by molar-refractivity contribution is 0.0944. The number of carbonyl (C=O) groups excluding carboxylic acids is 1. The maximum atomic E-state index is 12.5. The summed E-state index contributed by atoms with van der Waals surface area (Å²) in [6.45, 7) is 5.88. The van der Waals surface area contributed by atoms with Crippen LogP contribution in [0.15, 0.2) is 30.6 Å². The van der Waals surface area contributed by atoms with Gasteiger partial charge in [0.2, 0.25) is 0 Å². The number of rotatable bonds is 4. The fraction of sp³-hybridized carbons (Fsp3) is 0.250. The molecule has 3 rings (SSSR count). The summed E-state index contributed by atoms with van der Waals surface area (Å²) in [6.07, 6.45) is 3.33. The number of thiazole rings is 1. The molecule has 118 valence electrons. The van der Waals surface area contributed by atoms with Crippen LogP contribution in [-0.2, 0) is 0 Å². The number of amides is 1. The molecule has 1 amide bonds. The van der Waals surface area contributed by atoms with Gasteiger partial charge in [-0.25, -0.2) is 15.0 Å². The lowest BCUT2D eigenvalue weighted by Gasteiger charge is -2.11. The van der Waals surface area contributed by atoms with Crippen molar-refractivity contribution in [3.63, 3.8) is 0 Å². The van der Waals surface area contributed by atoms with Crippen molar-refractivity contribution in [2.45, 2.75) is 26.8 Å². The molecule has 0 aliphatic heterocycles. The number of carbonyl (C=O) groups is 1. The highest BCUT2D eigenvalue weighted by molar-refractivity contribution is 7.17. The second kappa shape index (κ2) is 6.55.